The van der Waals surface area contributed by atoms with Gasteiger partial charge in [0.1, 0.15) is 6.10 Å². The van der Waals surface area contributed by atoms with E-state index in [1.165, 1.54) is 12.4 Å². The molecule has 0 radical (unpaired) electrons. The fourth-order valence-corrected chi connectivity index (χ4v) is 1.74. The number of hydrogen-bond donors (Lipinski definition) is 2. The number of halogens is 3. The van der Waals surface area contributed by atoms with Gasteiger partial charge in [0.15, 0.2) is 0 Å². The standard InChI is InChI=1S/C8H8Cl3NO2/c9-1-6(13)8(14)7-4(10)2-12-3-5(7)11/h2-3,6,8,13-14H,1H2. The van der Waals surface area contributed by atoms with E-state index < -0.39 is 12.2 Å². The molecule has 2 unspecified atom stereocenters. The van der Waals surface area contributed by atoms with Crippen LogP contribution in [0, 0.1) is 0 Å². The maximum atomic E-state index is 9.62. The summed E-state index contributed by atoms with van der Waals surface area (Å²) in [4.78, 5) is 3.72. The first-order valence-electron chi connectivity index (χ1n) is 3.79. The number of aliphatic hydroxyl groups excluding tert-OH is 2. The summed E-state index contributed by atoms with van der Waals surface area (Å²) in [6.07, 6.45) is 0.379. The van der Waals surface area contributed by atoms with E-state index in [2.05, 4.69) is 4.98 Å². The fraction of sp³-hybridized carbons (Fsp3) is 0.375. The van der Waals surface area contributed by atoms with Gasteiger partial charge >= 0.3 is 0 Å². The lowest BCUT2D eigenvalue weighted by atomic mass is 10.1. The summed E-state index contributed by atoms with van der Waals surface area (Å²) < 4.78 is 0. The smallest absolute Gasteiger partial charge is 0.109 e. The van der Waals surface area contributed by atoms with E-state index in [-0.39, 0.29) is 21.5 Å². The molecule has 2 atom stereocenters. The van der Waals surface area contributed by atoms with Crippen LogP contribution in [0.1, 0.15) is 11.7 Å². The largest absolute Gasteiger partial charge is 0.389 e. The van der Waals surface area contributed by atoms with Gasteiger partial charge in [-0.2, -0.15) is 0 Å². The molecule has 0 aliphatic carbocycles. The number of hydrogen-bond acceptors (Lipinski definition) is 3. The van der Waals surface area contributed by atoms with Crippen LogP contribution >= 0.6 is 34.8 Å². The average Bonchev–Trinajstić information content (AvgIpc) is 2.16. The molecule has 6 heteroatoms. The number of aliphatic hydroxyl groups is 2. The highest BCUT2D eigenvalue weighted by Gasteiger charge is 2.22. The summed E-state index contributed by atoms with van der Waals surface area (Å²) in [7, 11) is 0. The second kappa shape index (κ2) is 5.14. The third-order valence-electron chi connectivity index (χ3n) is 1.71. The maximum Gasteiger partial charge on any atom is 0.109 e. The molecule has 0 aliphatic rings. The first kappa shape index (κ1) is 12.0. The lowest BCUT2D eigenvalue weighted by Crippen LogP contribution is -2.20. The van der Waals surface area contributed by atoms with Gasteiger partial charge in [-0.25, -0.2) is 0 Å². The Hall–Kier alpha value is -0.0600. The zero-order valence-corrected chi connectivity index (χ0v) is 9.26. The van der Waals surface area contributed by atoms with Gasteiger partial charge < -0.3 is 10.2 Å². The lowest BCUT2D eigenvalue weighted by molar-refractivity contribution is 0.0328. The van der Waals surface area contributed by atoms with Crippen molar-refractivity contribution in [2.75, 3.05) is 5.88 Å². The Morgan fingerprint density at radius 1 is 1.21 bits per heavy atom. The predicted octanol–water partition coefficient (Wildman–Crippen LogP) is 2.02. The minimum absolute atomic E-state index is 0.101. The number of nitrogens with zero attached hydrogens (tertiary/aromatic N) is 1. The van der Waals surface area contributed by atoms with E-state index in [1.807, 2.05) is 0 Å². The Bertz CT molecular complexity index is 301. The Kier molecular flexibility index (Phi) is 4.41. The van der Waals surface area contributed by atoms with Crippen LogP contribution in [0.4, 0.5) is 0 Å². The van der Waals surface area contributed by atoms with Crippen molar-refractivity contribution in [3.8, 4) is 0 Å². The van der Waals surface area contributed by atoms with E-state index in [9.17, 15) is 10.2 Å². The molecule has 14 heavy (non-hydrogen) atoms. The van der Waals surface area contributed by atoms with Crippen molar-refractivity contribution in [1.82, 2.24) is 4.98 Å². The molecule has 78 valence electrons. The minimum Gasteiger partial charge on any atom is -0.389 e. The van der Waals surface area contributed by atoms with Crippen LogP contribution in [0.25, 0.3) is 0 Å². The molecular weight excluding hydrogens is 248 g/mol. The van der Waals surface area contributed by atoms with Crippen LogP contribution in [0.5, 0.6) is 0 Å². The highest BCUT2D eigenvalue weighted by atomic mass is 35.5. The first-order chi connectivity index (χ1) is 6.57. The third-order valence-corrected chi connectivity index (χ3v) is 2.63. The molecule has 3 nitrogen and oxygen atoms in total. The summed E-state index contributed by atoms with van der Waals surface area (Å²) in [5.41, 5.74) is 0.247. The van der Waals surface area contributed by atoms with Gasteiger partial charge in [0.2, 0.25) is 0 Å². The zero-order valence-electron chi connectivity index (χ0n) is 6.99. The molecule has 2 N–H and O–H groups in total. The molecule has 0 aliphatic heterocycles. The minimum atomic E-state index is -1.20. The molecule has 1 aromatic rings. The van der Waals surface area contributed by atoms with Crippen LogP contribution in [-0.2, 0) is 0 Å². The van der Waals surface area contributed by atoms with Crippen LogP contribution in [0.2, 0.25) is 10.0 Å². The first-order valence-corrected chi connectivity index (χ1v) is 5.08. The molecule has 0 saturated heterocycles. The van der Waals surface area contributed by atoms with E-state index >= 15 is 0 Å². The van der Waals surface area contributed by atoms with Gasteiger partial charge in [-0.1, -0.05) is 23.2 Å². The van der Waals surface area contributed by atoms with Gasteiger partial charge in [0.05, 0.1) is 22.0 Å². The quantitative estimate of drug-likeness (QED) is 0.814. The van der Waals surface area contributed by atoms with Crippen molar-refractivity contribution in [2.45, 2.75) is 12.2 Å². The number of rotatable bonds is 3. The summed E-state index contributed by atoms with van der Waals surface area (Å²) in [5, 5.41) is 19.3. The second-order valence-corrected chi connectivity index (χ2v) is 3.81. The van der Waals surface area contributed by atoms with E-state index in [4.69, 9.17) is 34.8 Å². The number of alkyl halides is 1. The molecule has 0 spiro atoms. The number of aromatic nitrogens is 1. The lowest BCUT2D eigenvalue weighted by Gasteiger charge is -2.17. The molecule has 0 aromatic carbocycles. The van der Waals surface area contributed by atoms with E-state index in [0.29, 0.717) is 0 Å². The molecular formula is C8H8Cl3NO2. The van der Waals surface area contributed by atoms with Crippen molar-refractivity contribution >= 4 is 34.8 Å². The van der Waals surface area contributed by atoms with Crippen molar-refractivity contribution in [3.63, 3.8) is 0 Å². The topological polar surface area (TPSA) is 53.4 Å². The Morgan fingerprint density at radius 2 is 1.71 bits per heavy atom. The molecule has 1 aromatic heterocycles. The fourth-order valence-electron chi connectivity index (χ4n) is 0.981. The summed E-state index contributed by atoms with van der Waals surface area (Å²) in [6, 6.07) is 0. The van der Waals surface area contributed by atoms with Crippen molar-refractivity contribution in [3.05, 3.63) is 28.0 Å². The van der Waals surface area contributed by atoms with Gasteiger partial charge in [-0.05, 0) is 0 Å². The highest BCUT2D eigenvalue weighted by Crippen LogP contribution is 2.31. The van der Waals surface area contributed by atoms with E-state index in [1.54, 1.807) is 0 Å². The van der Waals surface area contributed by atoms with Crippen LogP contribution in [0.15, 0.2) is 12.4 Å². The van der Waals surface area contributed by atoms with E-state index in [0.717, 1.165) is 0 Å². The van der Waals surface area contributed by atoms with Crippen LogP contribution in [-0.4, -0.2) is 27.2 Å². The van der Waals surface area contributed by atoms with Crippen molar-refractivity contribution in [1.29, 1.82) is 0 Å². The Morgan fingerprint density at radius 3 is 2.14 bits per heavy atom. The molecule has 1 rings (SSSR count). The SMILES string of the molecule is OC(CCl)C(O)c1c(Cl)cncc1Cl. The molecule has 0 fully saturated rings. The molecule has 1 heterocycles. The molecule has 0 amide bonds. The van der Waals surface area contributed by atoms with Gasteiger partial charge in [0.25, 0.3) is 0 Å². The highest BCUT2D eigenvalue weighted by molar-refractivity contribution is 6.35. The Labute approximate surface area is 96.2 Å². The van der Waals surface area contributed by atoms with Gasteiger partial charge in [-0.3, -0.25) is 4.98 Å². The third kappa shape index (κ3) is 2.49. The van der Waals surface area contributed by atoms with Crippen molar-refractivity contribution < 1.29 is 10.2 Å². The van der Waals surface area contributed by atoms with Gasteiger partial charge in [-0.15, -0.1) is 11.6 Å². The summed E-state index contributed by atoms with van der Waals surface area (Å²) in [5.74, 6) is -0.101. The summed E-state index contributed by atoms with van der Waals surface area (Å²) >= 11 is 16.9. The zero-order chi connectivity index (χ0) is 10.7. The summed E-state index contributed by atoms with van der Waals surface area (Å²) in [6.45, 7) is 0. The second-order valence-electron chi connectivity index (χ2n) is 2.68. The van der Waals surface area contributed by atoms with Crippen LogP contribution in [0.3, 0.4) is 0 Å². The average molecular weight is 257 g/mol. The normalized spacial score (nSPS) is 15.2. The van der Waals surface area contributed by atoms with Crippen LogP contribution < -0.4 is 0 Å². The molecule has 0 bridgehead atoms. The number of pyridine rings is 1. The maximum absolute atomic E-state index is 9.62. The van der Waals surface area contributed by atoms with Crippen molar-refractivity contribution in [2.24, 2.45) is 0 Å². The molecule has 0 saturated carbocycles. The monoisotopic (exact) mass is 255 g/mol. The Balaban J connectivity index is 3.05. The van der Waals surface area contributed by atoms with Gasteiger partial charge in [0, 0.05) is 18.0 Å². The predicted molar refractivity (Wildman–Crippen MR) is 55.9 cm³/mol.